The highest BCUT2D eigenvalue weighted by Gasteiger charge is 2.40. The maximum atomic E-state index is 8.83. The highest BCUT2D eigenvalue weighted by atomic mass is 16.5. The summed E-state index contributed by atoms with van der Waals surface area (Å²) in [5.74, 6) is 0.279. The SMILES string of the molecule is CCC(C(N)=NO)N1CC(C)(C)OC(C)(C)C1. The lowest BCUT2D eigenvalue weighted by Gasteiger charge is -2.49. The summed E-state index contributed by atoms with van der Waals surface area (Å²) in [6.07, 6.45) is 0.821. The lowest BCUT2D eigenvalue weighted by atomic mass is 9.96. The molecule has 3 N–H and O–H groups in total. The maximum Gasteiger partial charge on any atom is 0.156 e. The van der Waals surface area contributed by atoms with E-state index in [1.165, 1.54) is 0 Å². The zero-order valence-corrected chi connectivity index (χ0v) is 11.5. The van der Waals surface area contributed by atoms with E-state index in [0.717, 1.165) is 19.5 Å². The van der Waals surface area contributed by atoms with Gasteiger partial charge in [0, 0.05) is 13.1 Å². The molecule has 0 aromatic heterocycles. The van der Waals surface area contributed by atoms with Gasteiger partial charge < -0.3 is 15.7 Å². The lowest BCUT2D eigenvalue weighted by Crippen LogP contribution is -2.61. The van der Waals surface area contributed by atoms with E-state index in [9.17, 15) is 0 Å². The minimum atomic E-state index is -0.217. The third-order valence-corrected chi connectivity index (χ3v) is 3.00. The van der Waals surface area contributed by atoms with Gasteiger partial charge in [0.25, 0.3) is 0 Å². The highest BCUT2D eigenvalue weighted by Crippen LogP contribution is 2.29. The van der Waals surface area contributed by atoms with Crippen LogP contribution in [0.25, 0.3) is 0 Å². The molecule has 1 aliphatic heterocycles. The molecule has 1 unspecified atom stereocenters. The van der Waals surface area contributed by atoms with E-state index in [2.05, 4.69) is 37.8 Å². The summed E-state index contributed by atoms with van der Waals surface area (Å²) in [5, 5.41) is 12.0. The van der Waals surface area contributed by atoms with Gasteiger partial charge in [0.15, 0.2) is 5.84 Å². The number of rotatable bonds is 3. The molecule has 0 amide bonds. The van der Waals surface area contributed by atoms with Crippen molar-refractivity contribution in [2.45, 2.75) is 58.3 Å². The van der Waals surface area contributed by atoms with E-state index in [1.807, 2.05) is 6.92 Å². The van der Waals surface area contributed by atoms with E-state index >= 15 is 0 Å². The van der Waals surface area contributed by atoms with E-state index < -0.39 is 0 Å². The first-order valence-electron chi connectivity index (χ1n) is 6.12. The van der Waals surface area contributed by atoms with Gasteiger partial charge in [0.2, 0.25) is 0 Å². The smallest absolute Gasteiger partial charge is 0.156 e. The minimum Gasteiger partial charge on any atom is -0.409 e. The Hall–Kier alpha value is -0.810. The number of hydrogen-bond acceptors (Lipinski definition) is 4. The quantitative estimate of drug-likeness (QED) is 0.340. The summed E-state index contributed by atoms with van der Waals surface area (Å²) in [7, 11) is 0. The number of amidine groups is 1. The summed E-state index contributed by atoms with van der Waals surface area (Å²) >= 11 is 0. The van der Waals surface area contributed by atoms with Crippen LogP contribution in [0.4, 0.5) is 0 Å². The lowest BCUT2D eigenvalue weighted by molar-refractivity contribution is -0.183. The molecule has 1 fully saturated rings. The number of oxime groups is 1. The molecule has 1 heterocycles. The molecule has 0 radical (unpaired) electrons. The first-order valence-corrected chi connectivity index (χ1v) is 6.12. The third-order valence-electron chi connectivity index (χ3n) is 3.00. The Morgan fingerprint density at radius 2 is 1.82 bits per heavy atom. The van der Waals surface area contributed by atoms with Crippen molar-refractivity contribution >= 4 is 5.84 Å². The van der Waals surface area contributed by atoms with E-state index in [1.54, 1.807) is 0 Å². The van der Waals surface area contributed by atoms with Gasteiger partial charge in [-0.25, -0.2) is 0 Å². The van der Waals surface area contributed by atoms with Gasteiger partial charge in [-0.3, -0.25) is 4.90 Å². The van der Waals surface area contributed by atoms with Crippen LogP contribution in [0.1, 0.15) is 41.0 Å². The third kappa shape index (κ3) is 3.57. The van der Waals surface area contributed by atoms with Crippen LogP contribution in [0.15, 0.2) is 5.16 Å². The fourth-order valence-corrected chi connectivity index (χ4v) is 2.79. The van der Waals surface area contributed by atoms with Crippen molar-refractivity contribution in [1.82, 2.24) is 4.90 Å². The number of hydrogen-bond donors (Lipinski definition) is 2. The standard InChI is InChI=1S/C12H25N3O2/c1-6-9(10(13)14-16)15-7-11(2,3)17-12(4,5)8-15/h9,16H,6-8H2,1-5H3,(H2,13,14). The second-order valence-corrected chi connectivity index (χ2v) is 5.98. The molecule has 0 aromatic carbocycles. The molecular weight excluding hydrogens is 218 g/mol. The number of ether oxygens (including phenoxy) is 1. The highest BCUT2D eigenvalue weighted by molar-refractivity contribution is 5.85. The van der Waals surface area contributed by atoms with Crippen molar-refractivity contribution in [1.29, 1.82) is 0 Å². The Morgan fingerprint density at radius 1 is 1.35 bits per heavy atom. The summed E-state index contributed by atoms with van der Waals surface area (Å²) in [6.45, 7) is 11.9. The Balaban J connectivity index is 2.89. The summed E-state index contributed by atoms with van der Waals surface area (Å²) in [5.41, 5.74) is 5.32. The Bertz CT molecular complexity index is 284. The van der Waals surface area contributed by atoms with Crippen LogP contribution in [0, 0.1) is 0 Å². The second-order valence-electron chi connectivity index (χ2n) is 5.98. The molecule has 1 saturated heterocycles. The molecule has 1 aliphatic rings. The zero-order chi connectivity index (χ0) is 13.3. The molecule has 5 heteroatoms. The van der Waals surface area contributed by atoms with Crippen LogP contribution in [0.2, 0.25) is 0 Å². The molecule has 1 atom stereocenters. The Kier molecular flexibility index (Phi) is 4.04. The molecule has 0 spiro atoms. The van der Waals surface area contributed by atoms with Gasteiger partial charge in [0.05, 0.1) is 17.2 Å². The fourth-order valence-electron chi connectivity index (χ4n) is 2.79. The maximum absolute atomic E-state index is 8.83. The van der Waals surface area contributed by atoms with Gasteiger partial charge >= 0.3 is 0 Å². The minimum absolute atomic E-state index is 0.0255. The monoisotopic (exact) mass is 243 g/mol. The first kappa shape index (κ1) is 14.3. The molecular formula is C12H25N3O2. The molecule has 100 valence electrons. The van der Waals surface area contributed by atoms with Crippen LogP contribution in [-0.4, -0.2) is 46.3 Å². The molecule has 1 rings (SSSR count). The summed E-state index contributed by atoms with van der Waals surface area (Å²) in [6, 6.07) is -0.0255. The van der Waals surface area contributed by atoms with Crippen molar-refractivity contribution in [3.05, 3.63) is 0 Å². The van der Waals surface area contributed by atoms with Crippen LogP contribution in [0.3, 0.4) is 0 Å². The zero-order valence-electron chi connectivity index (χ0n) is 11.5. The first-order chi connectivity index (χ1) is 7.71. The van der Waals surface area contributed by atoms with Crippen LogP contribution < -0.4 is 5.73 Å². The van der Waals surface area contributed by atoms with Crippen molar-refractivity contribution < 1.29 is 9.94 Å². The number of nitrogens with zero attached hydrogens (tertiary/aromatic N) is 2. The number of nitrogens with two attached hydrogens (primary N) is 1. The molecule has 0 aliphatic carbocycles. The van der Waals surface area contributed by atoms with Crippen molar-refractivity contribution in [2.24, 2.45) is 10.9 Å². The Labute approximate surface area is 104 Å². The normalized spacial score (nSPS) is 26.8. The van der Waals surface area contributed by atoms with Crippen molar-refractivity contribution in [3.63, 3.8) is 0 Å². The average molecular weight is 243 g/mol. The topological polar surface area (TPSA) is 71.1 Å². The van der Waals surface area contributed by atoms with Crippen molar-refractivity contribution in [2.75, 3.05) is 13.1 Å². The van der Waals surface area contributed by atoms with E-state index in [4.69, 9.17) is 15.7 Å². The largest absolute Gasteiger partial charge is 0.409 e. The fraction of sp³-hybridized carbons (Fsp3) is 0.917. The average Bonchev–Trinajstić information content (AvgIpc) is 2.13. The van der Waals surface area contributed by atoms with E-state index in [0.29, 0.717) is 0 Å². The molecule has 17 heavy (non-hydrogen) atoms. The van der Waals surface area contributed by atoms with Crippen LogP contribution in [-0.2, 0) is 4.74 Å². The van der Waals surface area contributed by atoms with E-state index in [-0.39, 0.29) is 23.1 Å². The predicted octanol–water partition coefficient (Wildman–Crippen LogP) is 1.40. The predicted molar refractivity (Wildman–Crippen MR) is 68.3 cm³/mol. The van der Waals surface area contributed by atoms with Gasteiger partial charge in [-0.2, -0.15) is 0 Å². The summed E-state index contributed by atoms with van der Waals surface area (Å²) < 4.78 is 6.01. The number of morpholine rings is 1. The second kappa shape index (κ2) is 4.82. The van der Waals surface area contributed by atoms with Crippen molar-refractivity contribution in [3.8, 4) is 0 Å². The van der Waals surface area contributed by atoms with Crippen LogP contribution >= 0.6 is 0 Å². The molecule has 5 nitrogen and oxygen atoms in total. The summed E-state index contributed by atoms with van der Waals surface area (Å²) in [4.78, 5) is 2.23. The van der Waals surface area contributed by atoms with Gasteiger partial charge in [-0.05, 0) is 34.1 Å². The molecule has 0 aromatic rings. The van der Waals surface area contributed by atoms with Gasteiger partial charge in [-0.15, -0.1) is 0 Å². The Morgan fingerprint density at radius 3 is 2.18 bits per heavy atom. The van der Waals surface area contributed by atoms with Crippen LogP contribution in [0.5, 0.6) is 0 Å². The van der Waals surface area contributed by atoms with Gasteiger partial charge in [0.1, 0.15) is 0 Å². The molecule has 0 bridgehead atoms. The van der Waals surface area contributed by atoms with Gasteiger partial charge in [-0.1, -0.05) is 12.1 Å². The molecule has 0 saturated carbocycles.